The second kappa shape index (κ2) is 7.16. The summed E-state index contributed by atoms with van der Waals surface area (Å²) in [7, 11) is -3.38. The average molecular weight is 301 g/mol. The molecule has 0 aromatic carbocycles. The van der Waals surface area contributed by atoms with E-state index in [1.807, 2.05) is 0 Å². The number of rotatable bonds is 7. The first-order chi connectivity index (χ1) is 9.62. The van der Waals surface area contributed by atoms with Crippen LogP contribution in [-0.2, 0) is 16.8 Å². The van der Waals surface area contributed by atoms with Gasteiger partial charge in [0.2, 0.25) is 0 Å². The molecule has 0 radical (unpaired) electrons. The summed E-state index contributed by atoms with van der Waals surface area (Å²) in [6, 6.07) is 0. The van der Waals surface area contributed by atoms with Crippen molar-refractivity contribution < 1.29 is 8.42 Å². The molecule has 0 atom stereocenters. The van der Waals surface area contributed by atoms with Gasteiger partial charge in [-0.2, -0.15) is 22.5 Å². The van der Waals surface area contributed by atoms with Crippen LogP contribution in [0.1, 0.15) is 25.3 Å². The molecule has 0 spiro atoms. The molecule has 1 aromatic rings. The highest BCUT2D eigenvalue weighted by molar-refractivity contribution is 7.87. The third-order valence-electron chi connectivity index (χ3n) is 3.61. The second-order valence-electron chi connectivity index (χ2n) is 5.08. The Labute approximate surface area is 120 Å². The average Bonchev–Trinajstić information content (AvgIpc) is 2.97. The molecule has 8 heteroatoms. The van der Waals surface area contributed by atoms with Gasteiger partial charge >= 0.3 is 0 Å². The van der Waals surface area contributed by atoms with E-state index >= 15 is 0 Å². The molecule has 1 aliphatic rings. The van der Waals surface area contributed by atoms with Crippen molar-refractivity contribution >= 4 is 10.2 Å². The molecule has 0 unspecified atom stereocenters. The highest BCUT2D eigenvalue weighted by Crippen LogP contribution is 2.18. The van der Waals surface area contributed by atoms with E-state index < -0.39 is 10.2 Å². The van der Waals surface area contributed by atoms with Crippen LogP contribution in [0.25, 0.3) is 0 Å². The van der Waals surface area contributed by atoms with Crippen LogP contribution in [0.4, 0.5) is 0 Å². The third-order valence-corrected chi connectivity index (χ3v) is 5.16. The van der Waals surface area contributed by atoms with Gasteiger partial charge in [0.05, 0.1) is 6.20 Å². The predicted octanol–water partition coefficient (Wildman–Crippen LogP) is 0.0656. The normalized spacial score (nSPS) is 18.4. The zero-order valence-electron chi connectivity index (χ0n) is 11.8. The Morgan fingerprint density at radius 1 is 1.45 bits per heavy atom. The Hall–Kier alpha value is -0.960. The van der Waals surface area contributed by atoms with Crippen molar-refractivity contribution in [3.05, 3.63) is 18.0 Å². The molecule has 0 saturated carbocycles. The lowest BCUT2D eigenvalue weighted by Crippen LogP contribution is -2.45. The zero-order chi connectivity index (χ0) is 14.4. The largest absolute Gasteiger partial charge is 0.317 e. The van der Waals surface area contributed by atoms with Gasteiger partial charge in [0, 0.05) is 31.4 Å². The molecule has 20 heavy (non-hydrogen) atoms. The van der Waals surface area contributed by atoms with E-state index in [1.165, 1.54) is 4.31 Å². The van der Waals surface area contributed by atoms with Gasteiger partial charge in [0.25, 0.3) is 10.2 Å². The van der Waals surface area contributed by atoms with Crippen molar-refractivity contribution in [3.8, 4) is 0 Å². The van der Waals surface area contributed by atoms with Gasteiger partial charge in [-0.15, -0.1) is 0 Å². The SMILES string of the molecule is CCNCC1CCN(S(=O)(=O)NCc2cn[nH]c2)CC1. The van der Waals surface area contributed by atoms with Crippen molar-refractivity contribution in [2.45, 2.75) is 26.3 Å². The molecular weight excluding hydrogens is 278 g/mol. The fraction of sp³-hybridized carbons (Fsp3) is 0.750. The van der Waals surface area contributed by atoms with Crippen molar-refractivity contribution in [1.29, 1.82) is 0 Å². The predicted molar refractivity (Wildman–Crippen MR) is 77.2 cm³/mol. The number of aromatic amines is 1. The van der Waals surface area contributed by atoms with Crippen LogP contribution in [0, 0.1) is 5.92 Å². The van der Waals surface area contributed by atoms with E-state index in [2.05, 4.69) is 27.2 Å². The molecule has 3 N–H and O–H groups in total. The summed E-state index contributed by atoms with van der Waals surface area (Å²) in [4.78, 5) is 0. The van der Waals surface area contributed by atoms with E-state index in [1.54, 1.807) is 12.4 Å². The van der Waals surface area contributed by atoms with Gasteiger partial charge in [-0.3, -0.25) is 5.10 Å². The van der Waals surface area contributed by atoms with Crippen LogP contribution in [0.15, 0.2) is 12.4 Å². The fourth-order valence-electron chi connectivity index (χ4n) is 2.34. The third kappa shape index (κ3) is 4.27. The lowest BCUT2D eigenvalue weighted by atomic mass is 9.98. The molecule has 0 amide bonds. The van der Waals surface area contributed by atoms with Crippen LogP contribution in [-0.4, -0.2) is 49.1 Å². The molecule has 1 fully saturated rings. The summed E-state index contributed by atoms with van der Waals surface area (Å²) >= 11 is 0. The molecular formula is C12H23N5O2S. The van der Waals surface area contributed by atoms with Crippen LogP contribution in [0.2, 0.25) is 0 Å². The number of nitrogens with zero attached hydrogens (tertiary/aromatic N) is 2. The van der Waals surface area contributed by atoms with Crippen LogP contribution < -0.4 is 10.0 Å². The number of H-pyrrole nitrogens is 1. The van der Waals surface area contributed by atoms with Gasteiger partial charge in [-0.1, -0.05) is 6.92 Å². The summed E-state index contributed by atoms with van der Waals surface area (Å²) in [5.74, 6) is 0.579. The quantitative estimate of drug-likeness (QED) is 0.664. The Bertz CT molecular complexity index is 480. The van der Waals surface area contributed by atoms with Crippen molar-refractivity contribution in [3.63, 3.8) is 0 Å². The van der Waals surface area contributed by atoms with E-state index in [9.17, 15) is 8.42 Å². The van der Waals surface area contributed by atoms with Crippen LogP contribution >= 0.6 is 0 Å². The highest BCUT2D eigenvalue weighted by Gasteiger charge is 2.27. The van der Waals surface area contributed by atoms with E-state index in [4.69, 9.17) is 0 Å². The van der Waals surface area contributed by atoms with E-state index in [-0.39, 0.29) is 6.54 Å². The van der Waals surface area contributed by atoms with E-state index in [0.717, 1.165) is 31.5 Å². The zero-order valence-corrected chi connectivity index (χ0v) is 12.6. The molecule has 114 valence electrons. The summed E-state index contributed by atoms with van der Waals surface area (Å²) < 4.78 is 28.5. The number of piperidine rings is 1. The molecule has 2 rings (SSSR count). The Kier molecular flexibility index (Phi) is 5.53. The minimum Gasteiger partial charge on any atom is -0.317 e. The van der Waals surface area contributed by atoms with Gasteiger partial charge in [-0.25, -0.2) is 0 Å². The topological polar surface area (TPSA) is 90.1 Å². The summed E-state index contributed by atoms with van der Waals surface area (Å²) in [6.45, 7) is 5.49. The maximum absolute atomic E-state index is 12.2. The molecule has 1 aliphatic heterocycles. The first kappa shape index (κ1) is 15.4. The van der Waals surface area contributed by atoms with Crippen LogP contribution in [0.5, 0.6) is 0 Å². The molecule has 7 nitrogen and oxygen atoms in total. The lowest BCUT2D eigenvalue weighted by Gasteiger charge is -2.31. The van der Waals surface area contributed by atoms with Crippen LogP contribution in [0.3, 0.4) is 0 Å². The minimum absolute atomic E-state index is 0.274. The lowest BCUT2D eigenvalue weighted by molar-refractivity contribution is 0.266. The van der Waals surface area contributed by atoms with Crippen molar-refractivity contribution in [2.24, 2.45) is 5.92 Å². The molecule has 0 aliphatic carbocycles. The first-order valence-electron chi connectivity index (χ1n) is 7.05. The van der Waals surface area contributed by atoms with Crippen molar-refractivity contribution in [1.82, 2.24) is 24.5 Å². The Morgan fingerprint density at radius 3 is 2.80 bits per heavy atom. The fourth-order valence-corrected chi connectivity index (χ4v) is 3.57. The standard InChI is InChI=1S/C12H23N5O2S/c1-2-13-7-11-3-5-17(6-4-11)20(18,19)16-10-12-8-14-15-9-12/h8-9,11,13,16H,2-7,10H2,1H3,(H,14,15). The van der Waals surface area contributed by atoms with Gasteiger partial charge in [-0.05, 0) is 31.8 Å². The minimum atomic E-state index is -3.38. The summed E-state index contributed by atoms with van der Waals surface area (Å²) in [6.07, 6.45) is 5.13. The molecule has 1 saturated heterocycles. The number of hydrogen-bond acceptors (Lipinski definition) is 4. The summed E-state index contributed by atoms with van der Waals surface area (Å²) in [5, 5.41) is 9.78. The van der Waals surface area contributed by atoms with Crippen molar-refractivity contribution in [2.75, 3.05) is 26.2 Å². The Morgan fingerprint density at radius 2 is 2.20 bits per heavy atom. The van der Waals surface area contributed by atoms with Gasteiger partial charge in [0.1, 0.15) is 0 Å². The maximum atomic E-state index is 12.2. The maximum Gasteiger partial charge on any atom is 0.279 e. The number of aromatic nitrogens is 2. The molecule has 1 aromatic heterocycles. The second-order valence-corrected chi connectivity index (χ2v) is 6.84. The van der Waals surface area contributed by atoms with Gasteiger partial charge < -0.3 is 5.32 Å². The summed E-state index contributed by atoms with van der Waals surface area (Å²) in [5.41, 5.74) is 0.829. The van der Waals surface area contributed by atoms with E-state index in [0.29, 0.717) is 19.0 Å². The monoisotopic (exact) mass is 301 g/mol. The first-order valence-corrected chi connectivity index (χ1v) is 8.49. The Balaban J connectivity index is 1.79. The highest BCUT2D eigenvalue weighted by atomic mass is 32.2. The number of nitrogens with one attached hydrogen (secondary N) is 3. The van der Waals surface area contributed by atoms with Gasteiger partial charge in [0.15, 0.2) is 0 Å². The number of hydrogen-bond donors (Lipinski definition) is 3. The molecule has 0 bridgehead atoms. The smallest absolute Gasteiger partial charge is 0.279 e. The molecule has 2 heterocycles.